The summed E-state index contributed by atoms with van der Waals surface area (Å²) in [6.07, 6.45) is 1.81. The van der Waals surface area contributed by atoms with Gasteiger partial charge in [-0.25, -0.2) is 0 Å². The molecule has 4 heteroatoms. The fourth-order valence-corrected chi connectivity index (χ4v) is 1.37. The predicted octanol–water partition coefficient (Wildman–Crippen LogP) is 1.29. The van der Waals surface area contributed by atoms with E-state index in [0.29, 0.717) is 0 Å². The lowest BCUT2D eigenvalue weighted by Gasteiger charge is -2.02. The number of halogens is 1. The van der Waals surface area contributed by atoms with Crippen LogP contribution in [0.1, 0.15) is 12.6 Å². The van der Waals surface area contributed by atoms with Crippen LogP contribution < -0.4 is 5.32 Å². The minimum Gasteiger partial charge on any atom is -0.311 e. The molecule has 0 aromatic carbocycles. The van der Waals surface area contributed by atoms with Crippen LogP contribution in [0.25, 0.3) is 0 Å². The highest BCUT2D eigenvalue weighted by atomic mass is 79.9. The summed E-state index contributed by atoms with van der Waals surface area (Å²) < 4.78 is 2.94. The Hall–Kier alpha value is -0.350. The average molecular weight is 218 g/mol. The molecule has 0 aliphatic carbocycles. The maximum absolute atomic E-state index is 4.10. The van der Waals surface area contributed by atoms with E-state index in [1.807, 2.05) is 17.9 Å². The average Bonchev–Trinajstić information content (AvgIpc) is 2.29. The van der Waals surface area contributed by atoms with Gasteiger partial charge in [-0.05, 0) is 22.5 Å². The fraction of sp³-hybridized carbons (Fsp3) is 0.571. The summed E-state index contributed by atoms with van der Waals surface area (Å²) in [7, 11) is 1.94. The van der Waals surface area contributed by atoms with Crippen molar-refractivity contribution in [1.82, 2.24) is 15.1 Å². The maximum Gasteiger partial charge on any atom is 0.0660 e. The quantitative estimate of drug-likeness (QED) is 0.828. The molecule has 0 aliphatic heterocycles. The first kappa shape index (κ1) is 8.74. The molecule has 0 atom stereocenters. The molecule has 0 bridgehead atoms. The van der Waals surface area contributed by atoms with Crippen molar-refractivity contribution in [3.63, 3.8) is 0 Å². The highest BCUT2D eigenvalue weighted by Gasteiger charge is 2.03. The zero-order valence-corrected chi connectivity index (χ0v) is 8.35. The van der Waals surface area contributed by atoms with E-state index in [2.05, 4.69) is 33.3 Å². The smallest absolute Gasteiger partial charge is 0.0660 e. The monoisotopic (exact) mass is 217 g/mol. The second kappa shape index (κ2) is 3.88. The Bertz CT molecular complexity index is 212. The number of rotatable bonds is 3. The molecule has 62 valence electrons. The van der Waals surface area contributed by atoms with Crippen LogP contribution >= 0.6 is 15.9 Å². The summed E-state index contributed by atoms with van der Waals surface area (Å²) >= 11 is 3.42. The Labute approximate surface area is 74.9 Å². The van der Waals surface area contributed by atoms with Gasteiger partial charge >= 0.3 is 0 Å². The van der Waals surface area contributed by atoms with E-state index in [9.17, 15) is 0 Å². The molecular weight excluding hydrogens is 206 g/mol. The minimum absolute atomic E-state index is 0.869. The highest BCUT2D eigenvalue weighted by Crippen LogP contribution is 2.13. The Morgan fingerprint density at radius 1 is 1.73 bits per heavy atom. The first-order valence-corrected chi connectivity index (χ1v) is 4.42. The summed E-state index contributed by atoms with van der Waals surface area (Å²) in [5.74, 6) is 0. The molecule has 3 nitrogen and oxygen atoms in total. The Morgan fingerprint density at radius 2 is 2.45 bits per heavy atom. The van der Waals surface area contributed by atoms with Crippen LogP contribution in [0.15, 0.2) is 10.7 Å². The summed E-state index contributed by atoms with van der Waals surface area (Å²) in [5, 5.41) is 7.34. The van der Waals surface area contributed by atoms with Crippen molar-refractivity contribution in [2.24, 2.45) is 7.05 Å². The van der Waals surface area contributed by atoms with Crippen molar-refractivity contribution in [2.45, 2.75) is 13.5 Å². The van der Waals surface area contributed by atoms with Crippen molar-refractivity contribution >= 4 is 15.9 Å². The zero-order chi connectivity index (χ0) is 8.27. The number of aromatic nitrogens is 2. The first-order valence-electron chi connectivity index (χ1n) is 3.62. The van der Waals surface area contributed by atoms with Crippen LogP contribution in [-0.4, -0.2) is 16.3 Å². The normalized spacial score (nSPS) is 10.5. The van der Waals surface area contributed by atoms with Crippen LogP contribution in [0.4, 0.5) is 0 Å². The topological polar surface area (TPSA) is 29.9 Å². The molecule has 0 unspecified atom stereocenters. The SMILES string of the molecule is CCNCc1c(Br)cnn1C. The molecule has 0 fully saturated rings. The van der Waals surface area contributed by atoms with Gasteiger partial charge in [-0.15, -0.1) is 0 Å². The van der Waals surface area contributed by atoms with Crippen molar-refractivity contribution in [2.75, 3.05) is 6.54 Å². The summed E-state index contributed by atoms with van der Waals surface area (Å²) in [6.45, 7) is 3.94. The van der Waals surface area contributed by atoms with Gasteiger partial charge in [-0.1, -0.05) is 6.92 Å². The molecular formula is C7H12BrN3. The van der Waals surface area contributed by atoms with Crippen molar-refractivity contribution in [1.29, 1.82) is 0 Å². The summed E-state index contributed by atoms with van der Waals surface area (Å²) in [6, 6.07) is 0. The van der Waals surface area contributed by atoms with Gasteiger partial charge in [-0.2, -0.15) is 5.10 Å². The lowest BCUT2D eigenvalue weighted by molar-refractivity contribution is 0.641. The number of nitrogens with one attached hydrogen (secondary N) is 1. The first-order chi connectivity index (χ1) is 5.25. The predicted molar refractivity (Wildman–Crippen MR) is 48.3 cm³/mol. The molecule has 1 heterocycles. The van der Waals surface area contributed by atoms with E-state index in [1.54, 1.807) is 0 Å². The molecule has 0 aliphatic rings. The molecule has 0 radical (unpaired) electrons. The van der Waals surface area contributed by atoms with Crippen LogP contribution in [0.5, 0.6) is 0 Å². The Balaban J connectivity index is 2.67. The Morgan fingerprint density at radius 3 is 2.91 bits per heavy atom. The second-order valence-corrected chi connectivity index (χ2v) is 3.20. The number of hydrogen-bond donors (Lipinski definition) is 1. The number of hydrogen-bond acceptors (Lipinski definition) is 2. The molecule has 1 N–H and O–H groups in total. The van der Waals surface area contributed by atoms with Crippen molar-refractivity contribution in [3.05, 3.63) is 16.4 Å². The van der Waals surface area contributed by atoms with Crippen LogP contribution in [0.3, 0.4) is 0 Å². The van der Waals surface area contributed by atoms with E-state index in [-0.39, 0.29) is 0 Å². The van der Waals surface area contributed by atoms with Gasteiger partial charge in [0, 0.05) is 13.6 Å². The van der Waals surface area contributed by atoms with E-state index in [0.717, 1.165) is 17.6 Å². The molecule has 1 rings (SSSR count). The highest BCUT2D eigenvalue weighted by molar-refractivity contribution is 9.10. The zero-order valence-electron chi connectivity index (χ0n) is 6.76. The van der Waals surface area contributed by atoms with Gasteiger partial charge in [0.2, 0.25) is 0 Å². The number of aryl methyl sites for hydroxylation is 1. The molecule has 0 spiro atoms. The van der Waals surface area contributed by atoms with Crippen LogP contribution in [0.2, 0.25) is 0 Å². The second-order valence-electron chi connectivity index (χ2n) is 2.34. The molecule has 0 saturated heterocycles. The van der Waals surface area contributed by atoms with Crippen LogP contribution in [-0.2, 0) is 13.6 Å². The van der Waals surface area contributed by atoms with Crippen LogP contribution in [0, 0.1) is 0 Å². The van der Waals surface area contributed by atoms with Gasteiger partial charge in [0.1, 0.15) is 0 Å². The summed E-state index contributed by atoms with van der Waals surface area (Å²) in [5.41, 5.74) is 1.19. The maximum atomic E-state index is 4.10. The lowest BCUT2D eigenvalue weighted by atomic mass is 10.4. The van der Waals surface area contributed by atoms with E-state index < -0.39 is 0 Å². The van der Waals surface area contributed by atoms with Gasteiger partial charge < -0.3 is 5.32 Å². The Kier molecular flexibility index (Phi) is 3.08. The minimum atomic E-state index is 0.869. The van der Waals surface area contributed by atoms with Crippen molar-refractivity contribution in [3.8, 4) is 0 Å². The van der Waals surface area contributed by atoms with Gasteiger partial charge in [0.15, 0.2) is 0 Å². The largest absolute Gasteiger partial charge is 0.311 e. The van der Waals surface area contributed by atoms with E-state index in [4.69, 9.17) is 0 Å². The van der Waals surface area contributed by atoms with E-state index >= 15 is 0 Å². The van der Waals surface area contributed by atoms with Gasteiger partial charge in [0.25, 0.3) is 0 Å². The molecule has 1 aromatic heterocycles. The molecule has 0 amide bonds. The molecule has 0 saturated carbocycles. The fourth-order valence-electron chi connectivity index (χ4n) is 0.878. The van der Waals surface area contributed by atoms with Gasteiger partial charge in [0.05, 0.1) is 16.4 Å². The third-order valence-electron chi connectivity index (χ3n) is 1.55. The standard InChI is InChI=1S/C7H12BrN3/c1-3-9-5-7-6(8)4-10-11(7)2/h4,9H,3,5H2,1-2H3. The van der Waals surface area contributed by atoms with Crippen molar-refractivity contribution < 1.29 is 0 Å². The summed E-state index contributed by atoms with van der Waals surface area (Å²) in [4.78, 5) is 0. The molecule has 1 aromatic rings. The van der Waals surface area contributed by atoms with Gasteiger partial charge in [-0.3, -0.25) is 4.68 Å². The third kappa shape index (κ3) is 2.04. The third-order valence-corrected chi connectivity index (χ3v) is 2.22. The lowest BCUT2D eigenvalue weighted by Crippen LogP contribution is -2.14. The molecule has 11 heavy (non-hydrogen) atoms. The van der Waals surface area contributed by atoms with E-state index in [1.165, 1.54) is 5.69 Å². The number of nitrogens with zero attached hydrogens (tertiary/aromatic N) is 2.